The van der Waals surface area contributed by atoms with E-state index < -0.39 is 5.91 Å². The number of nitriles is 1. The number of hydrogen-bond acceptors (Lipinski definition) is 4. The minimum atomic E-state index is -0.399. The second-order valence-corrected chi connectivity index (χ2v) is 4.61. The topological polar surface area (TPSA) is 77.8 Å². The van der Waals surface area contributed by atoms with Crippen molar-refractivity contribution in [2.24, 2.45) is 0 Å². The average molecular weight is 301 g/mol. The first-order valence-electron chi connectivity index (χ1n) is 6.36. The number of pyridine rings is 1. The molecule has 0 saturated heterocycles. The van der Waals surface area contributed by atoms with E-state index in [9.17, 15) is 4.79 Å². The lowest BCUT2D eigenvalue weighted by Gasteiger charge is -2.08. The van der Waals surface area contributed by atoms with Gasteiger partial charge in [0.1, 0.15) is 11.5 Å². The van der Waals surface area contributed by atoms with Gasteiger partial charge in [-0.05, 0) is 43.3 Å². The van der Waals surface area contributed by atoms with Gasteiger partial charge in [-0.3, -0.25) is 4.79 Å². The number of halogens is 1. The van der Waals surface area contributed by atoms with E-state index >= 15 is 0 Å². The van der Waals surface area contributed by atoms with Crippen LogP contribution in [0.5, 0.6) is 0 Å². The standard InChI is InChI=1S/C15H13ClN4O/c1-2-18-13-8-7-12(16)14(20-13)15(21)19-11-5-3-10(9-17)4-6-11/h3-8H,2H2,1H3,(H,18,20)(H,19,21). The molecule has 0 saturated carbocycles. The molecule has 106 valence electrons. The highest BCUT2D eigenvalue weighted by Crippen LogP contribution is 2.18. The Morgan fingerprint density at radius 3 is 2.62 bits per heavy atom. The number of rotatable bonds is 4. The van der Waals surface area contributed by atoms with Crippen molar-refractivity contribution in [3.63, 3.8) is 0 Å². The van der Waals surface area contributed by atoms with Crippen molar-refractivity contribution < 1.29 is 4.79 Å². The van der Waals surface area contributed by atoms with Gasteiger partial charge in [0, 0.05) is 12.2 Å². The lowest BCUT2D eigenvalue weighted by Crippen LogP contribution is -2.15. The van der Waals surface area contributed by atoms with Crippen molar-refractivity contribution in [1.29, 1.82) is 5.26 Å². The number of nitrogens with one attached hydrogen (secondary N) is 2. The second kappa shape index (κ2) is 6.73. The van der Waals surface area contributed by atoms with Gasteiger partial charge in [-0.2, -0.15) is 5.26 Å². The number of aromatic nitrogens is 1. The molecule has 0 aliphatic heterocycles. The predicted molar refractivity (Wildman–Crippen MR) is 82.5 cm³/mol. The normalized spacial score (nSPS) is 9.76. The van der Waals surface area contributed by atoms with Crippen molar-refractivity contribution in [3.05, 3.63) is 52.7 Å². The molecule has 1 amide bonds. The van der Waals surface area contributed by atoms with Crippen LogP contribution < -0.4 is 10.6 Å². The van der Waals surface area contributed by atoms with E-state index in [2.05, 4.69) is 15.6 Å². The zero-order valence-corrected chi connectivity index (χ0v) is 12.1. The largest absolute Gasteiger partial charge is 0.370 e. The van der Waals surface area contributed by atoms with Crippen molar-refractivity contribution in [2.75, 3.05) is 17.2 Å². The molecule has 0 bridgehead atoms. The Hall–Kier alpha value is -2.58. The van der Waals surface area contributed by atoms with Crippen LogP contribution in [-0.2, 0) is 0 Å². The predicted octanol–water partition coefficient (Wildman–Crippen LogP) is 3.29. The van der Waals surface area contributed by atoms with E-state index in [1.165, 1.54) is 0 Å². The highest BCUT2D eigenvalue weighted by atomic mass is 35.5. The van der Waals surface area contributed by atoms with Gasteiger partial charge < -0.3 is 10.6 Å². The molecule has 0 aliphatic carbocycles. The summed E-state index contributed by atoms with van der Waals surface area (Å²) >= 11 is 6.01. The van der Waals surface area contributed by atoms with Crippen LogP contribution in [0.4, 0.5) is 11.5 Å². The third-order valence-corrected chi connectivity index (χ3v) is 3.00. The Bertz CT molecular complexity index is 692. The van der Waals surface area contributed by atoms with Crippen molar-refractivity contribution in [2.45, 2.75) is 6.92 Å². The molecule has 1 aromatic carbocycles. The molecule has 2 rings (SSSR count). The Balaban J connectivity index is 2.19. The van der Waals surface area contributed by atoms with Gasteiger partial charge in [0.25, 0.3) is 5.91 Å². The molecule has 21 heavy (non-hydrogen) atoms. The van der Waals surface area contributed by atoms with Gasteiger partial charge in [0.15, 0.2) is 0 Å². The lowest BCUT2D eigenvalue weighted by molar-refractivity contribution is 0.102. The molecule has 1 aromatic heterocycles. The van der Waals surface area contributed by atoms with Crippen LogP contribution in [0.2, 0.25) is 5.02 Å². The number of carbonyl (C=O) groups is 1. The molecule has 0 spiro atoms. The van der Waals surface area contributed by atoms with Gasteiger partial charge in [-0.1, -0.05) is 11.6 Å². The number of carbonyl (C=O) groups excluding carboxylic acids is 1. The molecule has 0 unspecified atom stereocenters. The minimum absolute atomic E-state index is 0.152. The van der Waals surface area contributed by atoms with Crippen LogP contribution in [0.15, 0.2) is 36.4 Å². The molecule has 2 N–H and O–H groups in total. The monoisotopic (exact) mass is 300 g/mol. The van der Waals surface area contributed by atoms with Gasteiger partial charge in [-0.25, -0.2) is 4.98 Å². The van der Waals surface area contributed by atoms with E-state index in [0.29, 0.717) is 23.6 Å². The van der Waals surface area contributed by atoms with Gasteiger partial charge in [-0.15, -0.1) is 0 Å². The molecule has 1 heterocycles. The van der Waals surface area contributed by atoms with Crippen LogP contribution in [0.3, 0.4) is 0 Å². The number of hydrogen-bond donors (Lipinski definition) is 2. The van der Waals surface area contributed by atoms with Gasteiger partial charge >= 0.3 is 0 Å². The SMILES string of the molecule is CCNc1ccc(Cl)c(C(=O)Nc2ccc(C#N)cc2)n1. The molecule has 0 atom stereocenters. The van der Waals surface area contributed by atoms with Gasteiger partial charge in [0.05, 0.1) is 16.7 Å². The maximum absolute atomic E-state index is 12.2. The maximum atomic E-state index is 12.2. The van der Waals surface area contributed by atoms with E-state index in [0.717, 1.165) is 0 Å². The summed E-state index contributed by atoms with van der Waals surface area (Å²) in [7, 11) is 0. The molecule has 0 fully saturated rings. The van der Waals surface area contributed by atoms with Crippen LogP contribution in [0, 0.1) is 11.3 Å². The molecule has 0 radical (unpaired) electrons. The quantitative estimate of drug-likeness (QED) is 0.908. The van der Waals surface area contributed by atoms with E-state index in [4.69, 9.17) is 16.9 Å². The van der Waals surface area contributed by atoms with Crippen molar-refractivity contribution in [3.8, 4) is 6.07 Å². The number of benzene rings is 1. The first-order chi connectivity index (χ1) is 10.1. The van der Waals surface area contributed by atoms with Crippen molar-refractivity contribution in [1.82, 2.24) is 4.98 Å². The Morgan fingerprint density at radius 1 is 1.29 bits per heavy atom. The fraction of sp³-hybridized carbons (Fsp3) is 0.133. The maximum Gasteiger partial charge on any atom is 0.275 e. The average Bonchev–Trinajstić information content (AvgIpc) is 2.50. The summed E-state index contributed by atoms with van der Waals surface area (Å²) in [5.74, 6) is 0.191. The molecule has 6 heteroatoms. The van der Waals surface area contributed by atoms with E-state index in [1.807, 2.05) is 13.0 Å². The van der Waals surface area contributed by atoms with E-state index in [1.54, 1.807) is 36.4 Å². The summed E-state index contributed by atoms with van der Waals surface area (Å²) < 4.78 is 0. The molecular formula is C15H13ClN4O. The zero-order valence-electron chi connectivity index (χ0n) is 11.4. The summed E-state index contributed by atoms with van der Waals surface area (Å²) in [5.41, 5.74) is 1.25. The summed E-state index contributed by atoms with van der Waals surface area (Å²) in [5, 5.41) is 14.7. The zero-order chi connectivity index (χ0) is 15.2. The van der Waals surface area contributed by atoms with Crippen molar-refractivity contribution >= 4 is 29.0 Å². The highest BCUT2D eigenvalue weighted by molar-refractivity contribution is 6.34. The summed E-state index contributed by atoms with van der Waals surface area (Å²) in [6.07, 6.45) is 0. The number of nitrogens with zero attached hydrogens (tertiary/aromatic N) is 2. The summed E-state index contributed by atoms with van der Waals surface area (Å²) in [4.78, 5) is 16.4. The molecule has 0 aliphatic rings. The minimum Gasteiger partial charge on any atom is -0.370 e. The summed E-state index contributed by atoms with van der Waals surface area (Å²) in [6, 6.07) is 11.9. The fourth-order valence-corrected chi connectivity index (χ4v) is 1.89. The first-order valence-corrected chi connectivity index (χ1v) is 6.73. The number of anilines is 2. The van der Waals surface area contributed by atoms with E-state index in [-0.39, 0.29) is 10.7 Å². The van der Waals surface area contributed by atoms with Crippen LogP contribution in [-0.4, -0.2) is 17.4 Å². The van der Waals surface area contributed by atoms with Crippen LogP contribution >= 0.6 is 11.6 Å². The Labute approximate surface area is 127 Å². The Morgan fingerprint density at radius 2 is 2.00 bits per heavy atom. The molecule has 5 nitrogen and oxygen atoms in total. The molecule has 2 aromatic rings. The van der Waals surface area contributed by atoms with Gasteiger partial charge in [0.2, 0.25) is 0 Å². The van der Waals surface area contributed by atoms with Crippen LogP contribution in [0.25, 0.3) is 0 Å². The third-order valence-electron chi connectivity index (χ3n) is 2.69. The third kappa shape index (κ3) is 3.71. The lowest BCUT2D eigenvalue weighted by atomic mass is 10.2. The first kappa shape index (κ1) is 14.8. The highest BCUT2D eigenvalue weighted by Gasteiger charge is 2.13. The number of amides is 1. The fourth-order valence-electron chi connectivity index (χ4n) is 1.70. The second-order valence-electron chi connectivity index (χ2n) is 4.20. The van der Waals surface area contributed by atoms with Crippen LogP contribution in [0.1, 0.15) is 23.0 Å². The Kier molecular flexibility index (Phi) is 4.75. The molecular weight excluding hydrogens is 288 g/mol. The summed E-state index contributed by atoms with van der Waals surface area (Å²) in [6.45, 7) is 2.64. The smallest absolute Gasteiger partial charge is 0.275 e.